The smallest absolute Gasteiger partial charge is 0.294 e. The third-order valence-electron chi connectivity index (χ3n) is 1.26. The fourth-order valence-electron chi connectivity index (χ4n) is 0.632. The Hall–Kier alpha value is -3.46. The van der Waals surface area contributed by atoms with Crippen molar-refractivity contribution in [3.8, 4) is 0 Å². The van der Waals surface area contributed by atoms with Crippen LogP contribution in [-0.2, 0) is 19.4 Å². The molecule has 0 aliphatic carbocycles. The zero-order chi connectivity index (χ0) is 17.5. The highest BCUT2D eigenvalue weighted by Gasteiger charge is 2.17. The molecule has 0 atom stereocenters. The van der Waals surface area contributed by atoms with E-state index in [0.29, 0.717) is 0 Å². The van der Waals surface area contributed by atoms with Crippen LogP contribution in [0.3, 0.4) is 0 Å². The summed E-state index contributed by atoms with van der Waals surface area (Å²) in [5.41, 5.74) is 0. The van der Waals surface area contributed by atoms with E-state index in [0.717, 1.165) is 0 Å². The van der Waals surface area contributed by atoms with Crippen molar-refractivity contribution in [2.75, 3.05) is 19.8 Å². The van der Waals surface area contributed by atoms with Crippen LogP contribution in [0.1, 0.15) is 0 Å². The molecule has 0 saturated heterocycles. The van der Waals surface area contributed by atoms with E-state index in [-0.39, 0.29) is 6.61 Å². The van der Waals surface area contributed by atoms with Crippen LogP contribution in [-0.4, -0.2) is 46.3 Å². The third kappa shape index (κ3) is 18.9. The zero-order valence-electron chi connectivity index (χ0n) is 10.7. The first-order valence-corrected chi connectivity index (χ1v) is 4.93. The lowest BCUT2D eigenvalue weighted by Crippen LogP contribution is -2.30. The van der Waals surface area contributed by atoms with Crippen molar-refractivity contribution in [1.29, 1.82) is 0 Å². The van der Waals surface area contributed by atoms with Gasteiger partial charge in [0.1, 0.15) is 19.8 Å². The van der Waals surface area contributed by atoms with Crippen molar-refractivity contribution >= 4 is 0 Å². The molecule has 0 unspecified atom stereocenters. The highest BCUT2D eigenvalue weighted by atomic mass is 17.0. The van der Waals surface area contributed by atoms with Gasteiger partial charge in [0, 0.05) is 0 Å². The summed E-state index contributed by atoms with van der Waals surface area (Å²) in [5.74, 6) is 0. The molecule has 0 spiro atoms. The monoisotopic (exact) mass is 330 g/mol. The number of rotatable bonds is 11. The first kappa shape index (κ1) is 20.8. The quantitative estimate of drug-likeness (QED) is 0.263. The number of hydrogen-bond donors (Lipinski definition) is 0. The van der Waals surface area contributed by atoms with Crippen LogP contribution in [0.15, 0.2) is 12.7 Å². The van der Waals surface area contributed by atoms with Gasteiger partial charge in [0.2, 0.25) is 0 Å². The number of nitrogens with zero attached hydrogens (tertiary/aromatic N) is 4. The van der Waals surface area contributed by atoms with Crippen molar-refractivity contribution in [1.82, 2.24) is 0 Å². The SMILES string of the molecule is C=CCO[N+](=O)[O-].O=[N+]([O-])OCC(CO[N+](=O)[O-])O[N+](=O)[O-]. The van der Waals surface area contributed by atoms with Crippen LogP contribution in [0.5, 0.6) is 0 Å². The minimum absolute atomic E-state index is 0.0347. The molecule has 0 fully saturated rings. The Morgan fingerprint density at radius 1 is 0.818 bits per heavy atom. The molecule has 0 aliphatic heterocycles. The summed E-state index contributed by atoms with van der Waals surface area (Å²) in [6.07, 6.45) is -0.237. The third-order valence-corrected chi connectivity index (χ3v) is 1.26. The van der Waals surface area contributed by atoms with E-state index >= 15 is 0 Å². The molecule has 0 bridgehead atoms. The first-order valence-electron chi connectivity index (χ1n) is 4.93. The van der Waals surface area contributed by atoms with Crippen LogP contribution in [0, 0.1) is 40.5 Å². The molecule has 0 rings (SSSR count). The molecule has 0 aliphatic rings. The molecule has 0 aromatic rings. The zero-order valence-corrected chi connectivity index (χ0v) is 10.7. The molecular weight excluding hydrogens is 320 g/mol. The molecule has 126 valence electrons. The molecule has 16 heteroatoms. The molecule has 16 nitrogen and oxygen atoms in total. The summed E-state index contributed by atoms with van der Waals surface area (Å²) in [6.45, 7) is 1.48. The second-order valence-corrected chi connectivity index (χ2v) is 2.80. The van der Waals surface area contributed by atoms with E-state index in [1.807, 2.05) is 0 Å². The van der Waals surface area contributed by atoms with Crippen LogP contribution >= 0.6 is 0 Å². The molecule has 22 heavy (non-hydrogen) atoms. The molecule has 0 aromatic heterocycles. The Labute approximate surface area is 120 Å². The van der Waals surface area contributed by atoms with E-state index in [1.54, 1.807) is 0 Å². The second-order valence-electron chi connectivity index (χ2n) is 2.80. The summed E-state index contributed by atoms with van der Waals surface area (Å²) in [4.78, 5) is 53.6. The van der Waals surface area contributed by atoms with Gasteiger partial charge in [-0.25, -0.2) is 0 Å². The Kier molecular flexibility index (Phi) is 11.9. The van der Waals surface area contributed by atoms with Gasteiger partial charge in [0.15, 0.2) is 6.10 Å². The minimum Gasteiger partial charge on any atom is -0.311 e. The molecule has 0 N–H and O–H groups in total. The summed E-state index contributed by atoms with van der Waals surface area (Å²) in [7, 11) is 0. The second kappa shape index (κ2) is 12.6. The lowest BCUT2D eigenvalue weighted by molar-refractivity contribution is -0.803. The minimum atomic E-state index is -1.55. The normalized spacial score (nSPS) is 8.77. The summed E-state index contributed by atoms with van der Waals surface area (Å²) >= 11 is 0. The standard InChI is InChI=1S/C3H5N3O9.C3H5NO3/c7-4(8)13-1-3(15-6(11)12)2-14-5(9)10;1-2-3-7-4(5)6/h3H,1-2H2;2H,1,3H2. The molecular formula is C6H10N4O12. The topological polar surface area (TPSA) is 209 Å². The van der Waals surface area contributed by atoms with Crippen molar-refractivity contribution in [3.63, 3.8) is 0 Å². The number of hydrogen-bond acceptors (Lipinski definition) is 12. The van der Waals surface area contributed by atoms with Gasteiger partial charge >= 0.3 is 0 Å². The van der Waals surface area contributed by atoms with Gasteiger partial charge < -0.3 is 19.4 Å². The Balaban J connectivity index is 0. The molecule has 0 amide bonds. The maximum atomic E-state index is 9.83. The van der Waals surface area contributed by atoms with Gasteiger partial charge in [-0.1, -0.05) is 6.08 Å². The Morgan fingerprint density at radius 3 is 1.45 bits per heavy atom. The molecule has 0 radical (unpaired) electrons. The van der Waals surface area contributed by atoms with Gasteiger partial charge in [-0.2, -0.15) is 0 Å². The molecule has 0 saturated carbocycles. The van der Waals surface area contributed by atoms with Gasteiger partial charge in [0.05, 0.1) is 0 Å². The van der Waals surface area contributed by atoms with Crippen molar-refractivity contribution < 1.29 is 39.7 Å². The highest BCUT2D eigenvalue weighted by Crippen LogP contribution is 1.96. The van der Waals surface area contributed by atoms with Crippen LogP contribution in [0.25, 0.3) is 0 Å². The Morgan fingerprint density at radius 2 is 1.23 bits per heavy atom. The lowest BCUT2D eigenvalue weighted by atomic mass is 10.4. The summed E-state index contributed by atoms with van der Waals surface area (Å²) < 4.78 is 0. The van der Waals surface area contributed by atoms with Gasteiger partial charge in [-0.05, 0) is 0 Å². The summed E-state index contributed by atoms with van der Waals surface area (Å²) in [5, 5.41) is 34.0. The predicted octanol–water partition coefficient (Wildman–Crippen LogP) is -0.639. The maximum absolute atomic E-state index is 9.83. The van der Waals surface area contributed by atoms with Crippen molar-refractivity contribution in [2.24, 2.45) is 0 Å². The fourth-order valence-corrected chi connectivity index (χ4v) is 0.632. The van der Waals surface area contributed by atoms with Gasteiger partial charge in [-0.15, -0.1) is 47.0 Å². The van der Waals surface area contributed by atoms with Crippen LogP contribution < -0.4 is 0 Å². The van der Waals surface area contributed by atoms with Gasteiger partial charge in [-0.3, -0.25) is 0 Å². The van der Waals surface area contributed by atoms with Gasteiger partial charge in [0.25, 0.3) is 20.3 Å². The van der Waals surface area contributed by atoms with E-state index in [4.69, 9.17) is 0 Å². The largest absolute Gasteiger partial charge is 0.311 e. The van der Waals surface area contributed by atoms with Crippen molar-refractivity contribution in [3.05, 3.63) is 53.1 Å². The molecule has 0 aromatic carbocycles. The van der Waals surface area contributed by atoms with Crippen LogP contribution in [0.4, 0.5) is 0 Å². The maximum Gasteiger partial charge on any atom is 0.294 e. The van der Waals surface area contributed by atoms with E-state index in [1.165, 1.54) is 6.08 Å². The average molecular weight is 330 g/mol. The fraction of sp³-hybridized carbons (Fsp3) is 0.667. The van der Waals surface area contributed by atoms with E-state index in [2.05, 4.69) is 25.9 Å². The first-order chi connectivity index (χ1) is 10.2. The van der Waals surface area contributed by atoms with E-state index in [9.17, 15) is 40.5 Å². The highest BCUT2D eigenvalue weighted by molar-refractivity contribution is 4.61. The van der Waals surface area contributed by atoms with Crippen molar-refractivity contribution in [2.45, 2.75) is 6.10 Å². The predicted molar refractivity (Wildman–Crippen MR) is 60.9 cm³/mol. The average Bonchev–Trinajstić information content (AvgIpc) is 2.39. The van der Waals surface area contributed by atoms with Crippen LogP contribution in [0.2, 0.25) is 0 Å². The Bertz CT molecular complexity index is 381. The summed E-state index contributed by atoms with van der Waals surface area (Å²) in [6, 6.07) is 0. The molecule has 0 heterocycles. The lowest BCUT2D eigenvalue weighted by Gasteiger charge is -2.11. The van der Waals surface area contributed by atoms with E-state index < -0.39 is 39.7 Å².